The van der Waals surface area contributed by atoms with Gasteiger partial charge in [0.25, 0.3) is 0 Å². The summed E-state index contributed by atoms with van der Waals surface area (Å²) in [5.41, 5.74) is 2.04. The number of aryl methyl sites for hydroxylation is 1. The summed E-state index contributed by atoms with van der Waals surface area (Å²) in [6.07, 6.45) is 3.60. The Morgan fingerprint density at radius 3 is 2.88 bits per heavy atom. The van der Waals surface area contributed by atoms with Crippen LogP contribution < -0.4 is 5.32 Å². The Morgan fingerprint density at radius 2 is 2.25 bits per heavy atom. The number of rotatable bonds is 5. The van der Waals surface area contributed by atoms with Crippen LogP contribution in [0.5, 0.6) is 0 Å². The smallest absolute Gasteiger partial charge is 0.224 e. The van der Waals surface area contributed by atoms with Gasteiger partial charge < -0.3 is 5.32 Å². The number of carbonyl (C=O) groups excluding carboxylic acids is 1. The Morgan fingerprint density at radius 1 is 1.50 bits per heavy atom. The first-order chi connectivity index (χ1) is 7.63. The molecule has 0 saturated heterocycles. The second-order valence-electron chi connectivity index (χ2n) is 3.60. The molecule has 1 aromatic carbocycles. The van der Waals surface area contributed by atoms with Crippen LogP contribution in [-0.2, 0) is 4.79 Å². The molecule has 0 saturated carbocycles. The largest absolute Gasteiger partial charge is 0.326 e. The third-order valence-corrected chi connectivity index (χ3v) is 3.58. The third-order valence-electron chi connectivity index (χ3n) is 2.21. The van der Waals surface area contributed by atoms with E-state index in [-0.39, 0.29) is 5.91 Å². The van der Waals surface area contributed by atoms with Gasteiger partial charge in [0.15, 0.2) is 0 Å². The topological polar surface area (TPSA) is 29.1 Å². The molecular formula is C12H16INOS. The summed E-state index contributed by atoms with van der Waals surface area (Å²) in [6.45, 7) is 2.01. The minimum absolute atomic E-state index is 0.110. The highest BCUT2D eigenvalue weighted by Crippen LogP contribution is 2.18. The second kappa shape index (κ2) is 7.17. The zero-order valence-corrected chi connectivity index (χ0v) is 12.5. The van der Waals surface area contributed by atoms with Crippen molar-refractivity contribution in [3.8, 4) is 0 Å². The predicted octanol–water partition coefficient (Wildman–Crippen LogP) is 3.68. The molecule has 1 N–H and O–H groups in total. The van der Waals surface area contributed by atoms with E-state index in [0.29, 0.717) is 6.42 Å². The van der Waals surface area contributed by atoms with Crippen LogP contribution in [-0.4, -0.2) is 17.9 Å². The molecule has 0 spiro atoms. The van der Waals surface area contributed by atoms with Crippen molar-refractivity contribution in [1.29, 1.82) is 0 Å². The van der Waals surface area contributed by atoms with Crippen LogP contribution in [0.3, 0.4) is 0 Å². The van der Waals surface area contributed by atoms with Gasteiger partial charge in [0, 0.05) is 15.7 Å². The fraction of sp³-hybridized carbons (Fsp3) is 0.417. The van der Waals surface area contributed by atoms with Gasteiger partial charge in [0.2, 0.25) is 5.91 Å². The molecule has 4 heteroatoms. The van der Waals surface area contributed by atoms with Gasteiger partial charge in [-0.3, -0.25) is 4.79 Å². The lowest BCUT2D eigenvalue weighted by atomic mass is 10.2. The molecule has 0 aliphatic carbocycles. The van der Waals surface area contributed by atoms with E-state index in [1.165, 1.54) is 3.57 Å². The summed E-state index contributed by atoms with van der Waals surface area (Å²) in [6, 6.07) is 6.03. The number of hydrogen-bond donors (Lipinski definition) is 1. The number of benzene rings is 1. The molecule has 1 aromatic rings. The maximum atomic E-state index is 11.6. The predicted molar refractivity (Wildman–Crippen MR) is 80.1 cm³/mol. The number of hydrogen-bond acceptors (Lipinski definition) is 2. The van der Waals surface area contributed by atoms with Crippen LogP contribution >= 0.6 is 34.4 Å². The average Bonchev–Trinajstić information content (AvgIpc) is 2.23. The molecule has 88 valence electrons. The molecule has 1 rings (SSSR count). The van der Waals surface area contributed by atoms with Gasteiger partial charge in [-0.1, -0.05) is 0 Å². The maximum Gasteiger partial charge on any atom is 0.224 e. The fourth-order valence-electron chi connectivity index (χ4n) is 1.36. The summed E-state index contributed by atoms with van der Waals surface area (Å²) in [4.78, 5) is 11.6. The first-order valence-corrected chi connectivity index (χ1v) is 7.65. The van der Waals surface area contributed by atoms with E-state index >= 15 is 0 Å². The van der Waals surface area contributed by atoms with Gasteiger partial charge >= 0.3 is 0 Å². The molecule has 1 amide bonds. The van der Waals surface area contributed by atoms with E-state index < -0.39 is 0 Å². The van der Waals surface area contributed by atoms with Crippen LogP contribution in [0.25, 0.3) is 0 Å². The maximum absolute atomic E-state index is 11.6. The Kier molecular flexibility index (Phi) is 6.20. The van der Waals surface area contributed by atoms with E-state index in [2.05, 4.69) is 40.2 Å². The van der Waals surface area contributed by atoms with Crippen molar-refractivity contribution in [2.75, 3.05) is 17.3 Å². The Hall–Kier alpha value is -0.230. The van der Waals surface area contributed by atoms with Gasteiger partial charge in [-0.25, -0.2) is 0 Å². The highest BCUT2D eigenvalue weighted by atomic mass is 127. The van der Waals surface area contributed by atoms with Gasteiger partial charge in [0.1, 0.15) is 0 Å². The fourth-order valence-corrected chi connectivity index (χ4v) is 2.44. The van der Waals surface area contributed by atoms with Crippen LogP contribution in [0.15, 0.2) is 18.2 Å². The number of carbonyl (C=O) groups is 1. The number of halogens is 1. The van der Waals surface area contributed by atoms with Crippen LogP contribution in [0, 0.1) is 10.5 Å². The number of thioether (sulfide) groups is 1. The zero-order chi connectivity index (χ0) is 12.0. The molecule has 0 heterocycles. The molecular weight excluding hydrogens is 333 g/mol. The number of nitrogens with one attached hydrogen (secondary N) is 1. The molecule has 0 unspecified atom stereocenters. The summed E-state index contributed by atoms with van der Waals surface area (Å²) in [5.74, 6) is 1.15. The van der Waals surface area contributed by atoms with Gasteiger partial charge in [0.05, 0.1) is 0 Å². The van der Waals surface area contributed by atoms with Crippen molar-refractivity contribution in [3.05, 3.63) is 27.3 Å². The zero-order valence-electron chi connectivity index (χ0n) is 9.55. The van der Waals surface area contributed by atoms with Crippen LogP contribution in [0.2, 0.25) is 0 Å². The Bertz CT molecular complexity index is 368. The van der Waals surface area contributed by atoms with E-state index in [9.17, 15) is 4.79 Å². The third kappa shape index (κ3) is 4.74. The van der Waals surface area contributed by atoms with E-state index in [1.54, 1.807) is 11.8 Å². The van der Waals surface area contributed by atoms with Crippen molar-refractivity contribution in [2.45, 2.75) is 19.8 Å². The molecule has 0 aliphatic rings. The molecule has 0 fully saturated rings. The first-order valence-electron chi connectivity index (χ1n) is 5.18. The summed E-state index contributed by atoms with van der Waals surface area (Å²) < 4.78 is 1.19. The van der Waals surface area contributed by atoms with Crippen molar-refractivity contribution in [1.82, 2.24) is 0 Å². The second-order valence-corrected chi connectivity index (χ2v) is 5.84. The highest BCUT2D eigenvalue weighted by molar-refractivity contribution is 14.1. The highest BCUT2D eigenvalue weighted by Gasteiger charge is 2.04. The lowest BCUT2D eigenvalue weighted by Gasteiger charge is -2.08. The Balaban J connectivity index is 2.49. The Labute approximate surface area is 115 Å². The minimum atomic E-state index is 0.110. The van der Waals surface area contributed by atoms with Gasteiger partial charge in [-0.05, 0) is 71.7 Å². The van der Waals surface area contributed by atoms with Crippen molar-refractivity contribution >= 4 is 45.9 Å². The number of amides is 1. The summed E-state index contributed by atoms with van der Waals surface area (Å²) in [7, 11) is 0. The number of anilines is 1. The molecule has 0 bridgehead atoms. The summed E-state index contributed by atoms with van der Waals surface area (Å²) in [5, 5.41) is 2.94. The van der Waals surface area contributed by atoms with Crippen molar-refractivity contribution in [3.63, 3.8) is 0 Å². The normalized spacial score (nSPS) is 10.2. The van der Waals surface area contributed by atoms with E-state index in [4.69, 9.17) is 0 Å². The molecule has 0 radical (unpaired) electrons. The van der Waals surface area contributed by atoms with Crippen LogP contribution in [0.1, 0.15) is 18.4 Å². The molecule has 0 aromatic heterocycles. The standard InChI is InChI=1S/C12H16INOS/c1-9-8-10(13)5-6-11(9)14-12(15)4-3-7-16-2/h5-6,8H,3-4,7H2,1-2H3,(H,14,15). The van der Waals surface area contributed by atoms with Crippen molar-refractivity contribution in [2.24, 2.45) is 0 Å². The minimum Gasteiger partial charge on any atom is -0.326 e. The van der Waals surface area contributed by atoms with Gasteiger partial charge in [-0.2, -0.15) is 11.8 Å². The molecule has 2 nitrogen and oxygen atoms in total. The van der Waals surface area contributed by atoms with Crippen LogP contribution in [0.4, 0.5) is 5.69 Å². The van der Waals surface area contributed by atoms with E-state index in [0.717, 1.165) is 23.4 Å². The SMILES string of the molecule is CSCCCC(=O)Nc1ccc(I)cc1C. The molecule has 16 heavy (non-hydrogen) atoms. The quantitative estimate of drug-likeness (QED) is 0.649. The lowest BCUT2D eigenvalue weighted by molar-refractivity contribution is -0.116. The van der Waals surface area contributed by atoms with E-state index in [1.807, 2.05) is 19.1 Å². The van der Waals surface area contributed by atoms with Crippen molar-refractivity contribution < 1.29 is 4.79 Å². The molecule has 0 atom stereocenters. The molecule has 0 aliphatic heterocycles. The summed E-state index contributed by atoms with van der Waals surface area (Å²) >= 11 is 4.04. The monoisotopic (exact) mass is 349 g/mol. The first kappa shape index (κ1) is 13.8. The average molecular weight is 349 g/mol. The van der Waals surface area contributed by atoms with Gasteiger partial charge in [-0.15, -0.1) is 0 Å². The lowest BCUT2D eigenvalue weighted by Crippen LogP contribution is -2.12.